The van der Waals surface area contributed by atoms with E-state index in [0.717, 1.165) is 0 Å². The van der Waals surface area contributed by atoms with Crippen molar-refractivity contribution in [3.63, 3.8) is 0 Å². The number of carbonyl (C=O) groups excluding carboxylic acids is 1. The van der Waals surface area contributed by atoms with E-state index in [4.69, 9.17) is 10.00 Å². The van der Waals surface area contributed by atoms with Crippen LogP contribution in [-0.4, -0.2) is 20.2 Å². The second kappa shape index (κ2) is 6.44. The van der Waals surface area contributed by atoms with Crippen LogP contribution >= 0.6 is 0 Å². The summed E-state index contributed by atoms with van der Waals surface area (Å²) in [6, 6.07) is 15.7. The van der Waals surface area contributed by atoms with E-state index in [-0.39, 0.29) is 6.03 Å². The van der Waals surface area contributed by atoms with Crippen molar-refractivity contribution in [1.29, 1.82) is 5.26 Å². The SMILES string of the molecule is COc1cccc(NC(=O)N(C)c2cccc(C#N)c2)c1. The van der Waals surface area contributed by atoms with Gasteiger partial charge in [0.05, 0.1) is 18.7 Å². The van der Waals surface area contributed by atoms with Crippen LogP contribution < -0.4 is 15.0 Å². The van der Waals surface area contributed by atoms with Gasteiger partial charge in [-0.15, -0.1) is 0 Å². The first-order valence-electron chi connectivity index (χ1n) is 6.33. The summed E-state index contributed by atoms with van der Waals surface area (Å²) < 4.78 is 5.11. The lowest BCUT2D eigenvalue weighted by molar-refractivity contribution is 0.258. The van der Waals surface area contributed by atoms with Gasteiger partial charge >= 0.3 is 6.03 Å². The highest BCUT2D eigenvalue weighted by atomic mass is 16.5. The summed E-state index contributed by atoms with van der Waals surface area (Å²) >= 11 is 0. The number of carbonyl (C=O) groups is 1. The van der Waals surface area contributed by atoms with Crippen LogP contribution in [0.4, 0.5) is 16.2 Å². The fraction of sp³-hybridized carbons (Fsp3) is 0.125. The Morgan fingerprint density at radius 2 is 2.00 bits per heavy atom. The molecule has 5 heteroatoms. The Morgan fingerprint density at radius 1 is 1.24 bits per heavy atom. The molecule has 0 aliphatic heterocycles. The first-order chi connectivity index (χ1) is 10.1. The fourth-order valence-corrected chi connectivity index (χ4v) is 1.81. The van der Waals surface area contributed by atoms with Gasteiger partial charge in [0, 0.05) is 24.5 Å². The summed E-state index contributed by atoms with van der Waals surface area (Å²) in [5.74, 6) is 0.668. The van der Waals surface area contributed by atoms with Gasteiger partial charge in [-0.3, -0.25) is 4.90 Å². The van der Waals surface area contributed by atoms with E-state index in [1.54, 1.807) is 62.7 Å². The Labute approximate surface area is 123 Å². The van der Waals surface area contributed by atoms with E-state index in [0.29, 0.717) is 22.7 Å². The molecule has 2 aromatic carbocycles. The molecule has 1 N–H and O–H groups in total. The average Bonchev–Trinajstić information content (AvgIpc) is 2.54. The van der Waals surface area contributed by atoms with Crippen LogP contribution in [0.3, 0.4) is 0 Å². The minimum Gasteiger partial charge on any atom is -0.497 e. The lowest BCUT2D eigenvalue weighted by atomic mass is 10.2. The maximum absolute atomic E-state index is 12.2. The Hall–Kier alpha value is -3.00. The van der Waals surface area contributed by atoms with Gasteiger partial charge < -0.3 is 10.1 Å². The lowest BCUT2D eigenvalue weighted by Gasteiger charge is -2.18. The summed E-state index contributed by atoms with van der Waals surface area (Å²) in [6.45, 7) is 0. The number of hydrogen-bond acceptors (Lipinski definition) is 3. The number of nitrogens with zero attached hydrogens (tertiary/aromatic N) is 2. The molecule has 5 nitrogen and oxygen atoms in total. The second-order valence-electron chi connectivity index (χ2n) is 4.38. The van der Waals surface area contributed by atoms with Gasteiger partial charge in [0.25, 0.3) is 0 Å². The van der Waals surface area contributed by atoms with Crippen LogP contribution in [-0.2, 0) is 0 Å². The highest BCUT2D eigenvalue weighted by Gasteiger charge is 2.11. The topological polar surface area (TPSA) is 65.4 Å². The van der Waals surface area contributed by atoms with Gasteiger partial charge in [-0.1, -0.05) is 12.1 Å². The van der Waals surface area contributed by atoms with Crippen LogP contribution in [0.2, 0.25) is 0 Å². The number of amides is 2. The largest absolute Gasteiger partial charge is 0.497 e. The first kappa shape index (κ1) is 14.4. The quantitative estimate of drug-likeness (QED) is 0.939. The van der Waals surface area contributed by atoms with E-state index in [9.17, 15) is 4.79 Å². The summed E-state index contributed by atoms with van der Waals surface area (Å²) in [5, 5.41) is 11.7. The Balaban J connectivity index is 2.13. The minimum atomic E-state index is -0.293. The van der Waals surface area contributed by atoms with Gasteiger partial charge in [0.2, 0.25) is 0 Å². The molecule has 0 radical (unpaired) electrons. The van der Waals surface area contributed by atoms with E-state index in [2.05, 4.69) is 11.4 Å². The molecular formula is C16H15N3O2. The number of nitriles is 1. The molecule has 2 aromatic rings. The molecule has 0 aliphatic rings. The van der Waals surface area contributed by atoms with Crippen LogP contribution in [0.15, 0.2) is 48.5 Å². The molecule has 0 aliphatic carbocycles. The number of methoxy groups -OCH3 is 1. The Kier molecular flexibility index (Phi) is 4.42. The molecule has 2 amide bonds. The molecule has 0 aromatic heterocycles. The molecule has 106 valence electrons. The predicted octanol–water partition coefficient (Wildman–Crippen LogP) is 3.24. The molecule has 0 saturated heterocycles. The van der Waals surface area contributed by atoms with Crippen molar-refractivity contribution < 1.29 is 9.53 Å². The third kappa shape index (κ3) is 3.51. The summed E-state index contributed by atoms with van der Waals surface area (Å²) in [4.78, 5) is 13.6. The van der Waals surface area contributed by atoms with Crippen molar-refractivity contribution in [2.24, 2.45) is 0 Å². The molecule has 0 spiro atoms. The van der Waals surface area contributed by atoms with Crippen molar-refractivity contribution in [3.8, 4) is 11.8 Å². The zero-order chi connectivity index (χ0) is 15.2. The van der Waals surface area contributed by atoms with Crippen molar-refractivity contribution >= 4 is 17.4 Å². The highest BCUT2D eigenvalue weighted by molar-refractivity contribution is 6.01. The third-order valence-corrected chi connectivity index (χ3v) is 2.99. The van der Waals surface area contributed by atoms with Crippen molar-refractivity contribution in [3.05, 3.63) is 54.1 Å². The zero-order valence-electron chi connectivity index (χ0n) is 11.8. The van der Waals surface area contributed by atoms with Gasteiger partial charge in [0.1, 0.15) is 5.75 Å². The maximum atomic E-state index is 12.2. The molecule has 0 atom stereocenters. The predicted molar refractivity (Wildman–Crippen MR) is 81.6 cm³/mol. The smallest absolute Gasteiger partial charge is 0.326 e. The van der Waals surface area contributed by atoms with E-state index < -0.39 is 0 Å². The van der Waals surface area contributed by atoms with Gasteiger partial charge in [0.15, 0.2) is 0 Å². The van der Waals surface area contributed by atoms with Crippen LogP contribution in [0.25, 0.3) is 0 Å². The average molecular weight is 281 g/mol. The fourth-order valence-electron chi connectivity index (χ4n) is 1.81. The number of urea groups is 1. The number of anilines is 2. The van der Waals surface area contributed by atoms with E-state index >= 15 is 0 Å². The summed E-state index contributed by atoms with van der Waals surface area (Å²) in [7, 11) is 3.21. The first-order valence-corrected chi connectivity index (χ1v) is 6.33. The van der Waals surface area contributed by atoms with Gasteiger partial charge in [-0.05, 0) is 30.3 Å². The van der Waals surface area contributed by atoms with Crippen LogP contribution in [0.1, 0.15) is 5.56 Å². The second-order valence-corrected chi connectivity index (χ2v) is 4.38. The molecular weight excluding hydrogens is 266 g/mol. The number of hydrogen-bond donors (Lipinski definition) is 1. The molecule has 2 rings (SSSR count). The van der Waals surface area contributed by atoms with Crippen LogP contribution in [0, 0.1) is 11.3 Å². The van der Waals surface area contributed by atoms with Crippen LogP contribution in [0.5, 0.6) is 5.75 Å². The number of ether oxygens (including phenoxy) is 1. The number of rotatable bonds is 3. The van der Waals surface area contributed by atoms with Gasteiger partial charge in [-0.25, -0.2) is 4.79 Å². The normalized spacial score (nSPS) is 9.57. The van der Waals surface area contributed by atoms with Crippen molar-refractivity contribution in [2.75, 3.05) is 24.4 Å². The Morgan fingerprint density at radius 3 is 2.71 bits per heavy atom. The standard InChI is InChI=1S/C16H15N3O2/c1-19(14-7-3-5-12(9-14)11-17)16(20)18-13-6-4-8-15(10-13)21-2/h3-10H,1-2H3,(H,18,20). The third-order valence-electron chi connectivity index (χ3n) is 2.99. The van der Waals surface area contributed by atoms with Crippen molar-refractivity contribution in [1.82, 2.24) is 0 Å². The summed E-state index contributed by atoms with van der Waals surface area (Å²) in [6.07, 6.45) is 0. The molecule has 0 fully saturated rings. The zero-order valence-corrected chi connectivity index (χ0v) is 11.8. The number of benzene rings is 2. The van der Waals surface area contributed by atoms with Gasteiger partial charge in [-0.2, -0.15) is 5.26 Å². The lowest BCUT2D eigenvalue weighted by Crippen LogP contribution is -2.31. The maximum Gasteiger partial charge on any atom is 0.326 e. The number of nitrogens with one attached hydrogen (secondary N) is 1. The molecule has 0 saturated carbocycles. The monoisotopic (exact) mass is 281 g/mol. The summed E-state index contributed by atoms with van der Waals surface area (Å²) in [5.41, 5.74) is 1.80. The van der Waals surface area contributed by atoms with E-state index in [1.165, 1.54) is 4.90 Å². The molecule has 21 heavy (non-hydrogen) atoms. The molecule has 0 unspecified atom stereocenters. The Bertz CT molecular complexity index is 692. The van der Waals surface area contributed by atoms with E-state index in [1.807, 2.05) is 0 Å². The minimum absolute atomic E-state index is 0.293. The van der Waals surface area contributed by atoms with Crippen molar-refractivity contribution in [2.45, 2.75) is 0 Å². The highest BCUT2D eigenvalue weighted by Crippen LogP contribution is 2.19. The molecule has 0 bridgehead atoms. The molecule has 0 heterocycles.